The first-order valence-electron chi connectivity index (χ1n) is 9.02. The normalized spacial score (nSPS) is 21.5. The third-order valence-electron chi connectivity index (χ3n) is 5.13. The predicted octanol–water partition coefficient (Wildman–Crippen LogP) is 2.14. The smallest absolute Gasteiger partial charge is 0.381 e. The number of nitrogens with zero attached hydrogens (tertiary/aromatic N) is 3. The third kappa shape index (κ3) is 4.79. The summed E-state index contributed by atoms with van der Waals surface area (Å²) >= 11 is 0. The fourth-order valence-electron chi connectivity index (χ4n) is 3.56. The van der Waals surface area contributed by atoms with Crippen LogP contribution in [-0.2, 0) is 20.9 Å². The van der Waals surface area contributed by atoms with E-state index in [1.165, 1.54) is 11.2 Å². The monoisotopic (exact) mass is 407 g/mol. The predicted molar refractivity (Wildman–Crippen MR) is 92.7 cm³/mol. The largest absolute Gasteiger partial charge is 0.417 e. The van der Waals surface area contributed by atoms with Gasteiger partial charge in [0.1, 0.15) is 0 Å². The second-order valence-electron chi connectivity index (χ2n) is 7.10. The average molecular weight is 407 g/mol. The van der Waals surface area contributed by atoms with Crippen molar-refractivity contribution in [3.8, 4) is 0 Å². The Balaban J connectivity index is 1.64. The molecule has 3 heterocycles. The maximum absolute atomic E-state index is 12.8. The Hall–Kier alpha value is -1.23. The van der Waals surface area contributed by atoms with Gasteiger partial charge in [0.15, 0.2) is 5.03 Å². The first-order valence-corrected chi connectivity index (χ1v) is 10.5. The van der Waals surface area contributed by atoms with Crippen LogP contribution in [0, 0.1) is 12.8 Å². The van der Waals surface area contributed by atoms with Gasteiger partial charge in [-0.1, -0.05) is 0 Å². The minimum Gasteiger partial charge on any atom is -0.381 e. The maximum Gasteiger partial charge on any atom is 0.417 e. The zero-order valence-electron chi connectivity index (χ0n) is 15.2. The van der Waals surface area contributed by atoms with Gasteiger partial charge >= 0.3 is 6.18 Å². The Morgan fingerprint density at radius 2 is 1.81 bits per heavy atom. The number of aryl methyl sites for hydroxylation is 1. The van der Waals surface area contributed by atoms with E-state index in [-0.39, 0.29) is 10.6 Å². The summed E-state index contributed by atoms with van der Waals surface area (Å²) < 4.78 is 70.6. The van der Waals surface area contributed by atoms with Gasteiger partial charge in [0, 0.05) is 52.1 Å². The van der Waals surface area contributed by atoms with E-state index in [1.807, 2.05) is 0 Å². The van der Waals surface area contributed by atoms with E-state index >= 15 is 0 Å². The van der Waals surface area contributed by atoms with Crippen LogP contribution >= 0.6 is 0 Å². The third-order valence-corrected chi connectivity index (χ3v) is 7.09. The minimum absolute atomic E-state index is 0.00876. The molecule has 2 aliphatic rings. The second-order valence-corrected chi connectivity index (χ2v) is 8.96. The summed E-state index contributed by atoms with van der Waals surface area (Å²) in [5, 5.41) is -0.298. The highest BCUT2D eigenvalue weighted by Crippen LogP contribution is 2.31. The van der Waals surface area contributed by atoms with Gasteiger partial charge in [-0.2, -0.15) is 17.5 Å². The lowest BCUT2D eigenvalue weighted by Crippen LogP contribution is -2.50. The molecule has 0 unspecified atom stereocenters. The van der Waals surface area contributed by atoms with Crippen LogP contribution in [0.2, 0.25) is 0 Å². The number of aromatic nitrogens is 1. The Morgan fingerprint density at radius 3 is 2.37 bits per heavy atom. The van der Waals surface area contributed by atoms with Crippen molar-refractivity contribution in [2.45, 2.75) is 31.0 Å². The molecule has 1 aromatic heterocycles. The number of hydrogen-bond donors (Lipinski definition) is 0. The molecule has 1 aromatic rings. The van der Waals surface area contributed by atoms with Crippen LogP contribution in [-0.4, -0.2) is 68.5 Å². The van der Waals surface area contributed by atoms with Gasteiger partial charge in [0.05, 0.1) is 5.56 Å². The molecular formula is C17H24F3N3O3S. The van der Waals surface area contributed by atoms with Gasteiger partial charge in [-0.25, -0.2) is 13.4 Å². The summed E-state index contributed by atoms with van der Waals surface area (Å²) in [6.45, 7) is 5.66. The number of alkyl halides is 3. The number of sulfonamides is 1. The minimum atomic E-state index is -4.55. The van der Waals surface area contributed by atoms with Crippen LogP contribution in [0.15, 0.2) is 17.3 Å². The van der Waals surface area contributed by atoms with Crippen molar-refractivity contribution in [3.63, 3.8) is 0 Å². The van der Waals surface area contributed by atoms with E-state index in [0.29, 0.717) is 38.3 Å². The molecule has 2 saturated heterocycles. The van der Waals surface area contributed by atoms with Crippen LogP contribution in [0.3, 0.4) is 0 Å². The summed E-state index contributed by atoms with van der Waals surface area (Å²) in [6, 6.07) is 0.835. The van der Waals surface area contributed by atoms with E-state index in [1.54, 1.807) is 0 Å². The Bertz CT molecular complexity index is 756. The van der Waals surface area contributed by atoms with E-state index in [0.717, 1.165) is 38.7 Å². The lowest BCUT2D eigenvalue weighted by Gasteiger charge is -2.36. The molecule has 0 aliphatic carbocycles. The SMILES string of the molecule is Cc1cc(C(F)(F)F)cnc1S(=O)(=O)N1CCN(CC2CCOCC2)CC1. The van der Waals surface area contributed by atoms with E-state index in [2.05, 4.69) is 9.88 Å². The van der Waals surface area contributed by atoms with Crippen molar-refractivity contribution in [1.82, 2.24) is 14.2 Å². The van der Waals surface area contributed by atoms with Gasteiger partial charge < -0.3 is 9.64 Å². The van der Waals surface area contributed by atoms with Crippen molar-refractivity contribution in [2.75, 3.05) is 45.9 Å². The fraction of sp³-hybridized carbons (Fsp3) is 0.706. The van der Waals surface area contributed by atoms with Crippen molar-refractivity contribution in [3.05, 3.63) is 23.4 Å². The van der Waals surface area contributed by atoms with Crippen molar-refractivity contribution < 1.29 is 26.3 Å². The first-order chi connectivity index (χ1) is 12.7. The number of ether oxygens (including phenoxy) is 1. The zero-order chi connectivity index (χ0) is 19.7. The molecule has 10 heteroatoms. The topological polar surface area (TPSA) is 62.7 Å². The lowest BCUT2D eigenvalue weighted by molar-refractivity contribution is -0.137. The van der Waals surface area contributed by atoms with Crippen LogP contribution in [0.4, 0.5) is 13.2 Å². The molecule has 0 saturated carbocycles. The average Bonchev–Trinajstić information content (AvgIpc) is 2.62. The zero-order valence-corrected chi connectivity index (χ0v) is 16.0. The van der Waals surface area contributed by atoms with Gasteiger partial charge in [-0.05, 0) is 37.3 Å². The molecule has 0 aromatic carbocycles. The van der Waals surface area contributed by atoms with Gasteiger partial charge in [-0.3, -0.25) is 0 Å². The van der Waals surface area contributed by atoms with E-state index in [9.17, 15) is 21.6 Å². The lowest BCUT2D eigenvalue weighted by atomic mass is 9.99. The number of halogens is 3. The Labute approximate surface area is 157 Å². The highest BCUT2D eigenvalue weighted by Gasteiger charge is 2.35. The quantitative estimate of drug-likeness (QED) is 0.765. The highest BCUT2D eigenvalue weighted by molar-refractivity contribution is 7.89. The molecular weight excluding hydrogens is 383 g/mol. The standard InChI is InChI=1S/C17H24F3N3O3S/c1-13-10-15(17(18,19)20)11-21-16(13)27(24,25)23-6-4-22(5-7-23)12-14-2-8-26-9-3-14/h10-11,14H,2-9,12H2,1H3. The summed E-state index contributed by atoms with van der Waals surface area (Å²) in [5.41, 5.74) is -0.935. The van der Waals surface area contributed by atoms with Crippen molar-refractivity contribution in [1.29, 1.82) is 0 Å². The van der Waals surface area contributed by atoms with Gasteiger partial charge in [-0.15, -0.1) is 0 Å². The molecule has 0 radical (unpaired) electrons. The van der Waals surface area contributed by atoms with Crippen LogP contribution < -0.4 is 0 Å². The Morgan fingerprint density at radius 1 is 1.19 bits per heavy atom. The summed E-state index contributed by atoms with van der Waals surface area (Å²) in [5.74, 6) is 0.570. The first kappa shape index (κ1) is 20.5. The Kier molecular flexibility index (Phi) is 6.09. The second kappa shape index (κ2) is 8.02. The molecule has 152 valence electrons. The molecule has 0 atom stereocenters. The number of pyridine rings is 1. The van der Waals surface area contributed by atoms with Crippen LogP contribution in [0.5, 0.6) is 0 Å². The molecule has 0 N–H and O–H groups in total. The van der Waals surface area contributed by atoms with E-state index in [4.69, 9.17) is 4.74 Å². The van der Waals surface area contributed by atoms with Crippen LogP contribution in [0.25, 0.3) is 0 Å². The van der Waals surface area contributed by atoms with Crippen molar-refractivity contribution >= 4 is 10.0 Å². The molecule has 0 bridgehead atoms. The molecule has 6 nitrogen and oxygen atoms in total. The molecule has 2 fully saturated rings. The summed E-state index contributed by atoms with van der Waals surface area (Å²) in [6.07, 6.45) is -1.92. The number of hydrogen-bond acceptors (Lipinski definition) is 5. The molecule has 3 rings (SSSR count). The van der Waals surface area contributed by atoms with Crippen LogP contribution in [0.1, 0.15) is 24.0 Å². The van der Waals surface area contributed by atoms with Crippen molar-refractivity contribution in [2.24, 2.45) is 5.92 Å². The molecule has 0 amide bonds. The molecule has 0 spiro atoms. The highest BCUT2D eigenvalue weighted by atomic mass is 32.2. The summed E-state index contributed by atoms with van der Waals surface area (Å²) in [7, 11) is -3.90. The summed E-state index contributed by atoms with van der Waals surface area (Å²) in [4.78, 5) is 5.87. The van der Waals surface area contributed by atoms with Gasteiger partial charge in [0.2, 0.25) is 0 Å². The molecule has 2 aliphatic heterocycles. The number of rotatable bonds is 4. The fourth-order valence-corrected chi connectivity index (χ4v) is 5.10. The maximum atomic E-state index is 12.8. The molecule has 27 heavy (non-hydrogen) atoms. The number of piperazine rings is 1. The van der Waals surface area contributed by atoms with E-state index < -0.39 is 21.8 Å². The van der Waals surface area contributed by atoms with Gasteiger partial charge in [0.25, 0.3) is 10.0 Å².